The van der Waals surface area contributed by atoms with Gasteiger partial charge in [-0.25, -0.2) is 4.98 Å². The Morgan fingerprint density at radius 3 is 2.79 bits per heavy atom. The number of fused-ring (bicyclic) bond motifs is 2. The second-order valence-electron chi connectivity index (χ2n) is 8.42. The van der Waals surface area contributed by atoms with Crippen LogP contribution in [-0.2, 0) is 13.0 Å². The van der Waals surface area contributed by atoms with Crippen LogP contribution in [0.2, 0.25) is 5.02 Å². The highest BCUT2D eigenvalue weighted by molar-refractivity contribution is 6.31. The standard InChI is InChI=1S/C27H25ClN2O4/c1-32-25-8-5-20(29)11-17(25)10-18-14-34-26-9-7-22(13-23(26)27(18)31)33-15-21-6-3-16-2-4-19(28)12-24(16)30-21/h2-9,11-13,18,27,31H,10,14-15,29H2,1H3/t18-,27-/m1/s1. The van der Waals surface area contributed by atoms with Crippen molar-refractivity contribution in [1.29, 1.82) is 0 Å². The van der Waals surface area contributed by atoms with Crippen molar-refractivity contribution in [2.45, 2.75) is 19.1 Å². The van der Waals surface area contributed by atoms with Crippen molar-refractivity contribution < 1.29 is 19.3 Å². The van der Waals surface area contributed by atoms with Gasteiger partial charge in [-0.05, 0) is 66.6 Å². The average molecular weight is 477 g/mol. The summed E-state index contributed by atoms with van der Waals surface area (Å²) >= 11 is 6.09. The van der Waals surface area contributed by atoms with Crippen LogP contribution in [0.5, 0.6) is 17.2 Å². The fraction of sp³-hybridized carbons (Fsp3) is 0.222. The van der Waals surface area contributed by atoms with Gasteiger partial charge in [0.1, 0.15) is 23.9 Å². The molecule has 5 rings (SSSR count). The predicted molar refractivity (Wildman–Crippen MR) is 133 cm³/mol. The lowest BCUT2D eigenvalue weighted by molar-refractivity contribution is 0.0502. The molecule has 0 saturated carbocycles. The van der Waals surface area contributed by atoms with Crippen LogP contribution in [0.1, 0.15) is 22.9 Å². The maximum atomic E-state index is 11.1. The summed E-state index contributed by atoms with van der Waals surface area (Å²) in [6, 6.07) is 20.6. The summed E-state index contributed by atoms with van der Waals surface area (Å²) in [6.45, 7) is 0.692. The Morgan fingerprint density at radius 1 is 1.09 bits per heavy atom. The molecule has 1 aliphatic rings. The van der Waals surface area contributed by atoms with Gasteiger partial charge in [0.05, 0.1) is 31.0 Å². The quantitative estimate of drug-likeness (QED) is 0.365. The largest absolute Gasteiger partial charge is 0.496 e. The number of nitrogen functional groups attached to an aromatic ring is 1. The summed E-state index contributed by atoms with van der Waals surface area (Å²) in [5, 5.41) is 12.8. The first-order valence-corrected chi connectivity index (χ1v) is 11.4. The van der Waals surface area contributed by atoms with Crippen molar-refractivity contribution in [2.24, 2.45) is 5.92 Å². The zero-order chi connectivity index (χ0) is 23.7. The molecular weight excluding hydrogens is 452 g/mol. The van der Waals surface area contributed by atoms with Crippen LogP contribution >= 0.6 is 11.6 Å². The summed E-state index contributed by atoms with van der Waals surface area (Å²) in [7, 11) is 1.63. The van der Waals surface area contributed by atoms with Crippen LogP contribution < -0.4 is 19.9 Å². The molecule has 0 saturated heterocycles. The minimum Gasteiger partial charge on any atom is -0.496 e. The molecule has 2 atom stereocenters. The summed E-state index contributed by atoms with van der Waals surface area (Å²) in [6.07, 6.45) is -0.136. The zero-order valence-corrected chi connectivity index (χ0v) is 19.5. The molecule has 1 aromatic heterocycles. The lowest BCUT2D eigenvalue weighted by atomic mass is 9.87. The predicted octanol–water partition coefficient (Wildman–Crippen LogP) is 5.34. The molecule has 0 bridgehead atoms. The Balaban J connectivity index is 1.32. The first kappa shape index (κ1) is 22.3. The normalized spacial score (nSPS) is 17.1. The number of pyridine rings is 1. The van der Waals surface area contributed by atoms with Gasteiger partial charge in [0.15, 0.2) is 0 Å². The van der Waals surface area contributed by atoms with E-state index in [1.54, 1.807) is 13.2 Å². The van der Waals surface area contributed by atoms with E-state index in [0.717, 1.165) is 27.9 Å². The molecule has 6 nitrogen and oxygen atoms in total. The minimum atomic E-state index is -0.709. The van der Waals surface area contributed by atoms with E-state index in [2.05, 4.69) is 4.98 Å². The van der Waals surface area contributed by atoms with E-state index in [9.17, 15) is 5.11 Å². The van der Waals surface area contributed by atoms with Crippen LogP contribution in [0.4, 0.5) is 5.69 Å². The van der Waals surface area contributed by atoms with Gasteiger partial charge < -0.3 is 25.1 Å². The SMILES string of the molecule is COc1ccc(N)cc1C[C@@H]1COc2ccc(OCc3ccc4ccc(Cl)cc4n3)cc2[C@@H]1O. The van der Waals surface area contributed by atoms with E-state index < -0.39 is 6.10 Å². The fourth-order valence-electron chi connectivity index (χ4n) is 4.30. The highest BCUT2D eigenvalue weighted by Crippen LogP contribution is 2.40. The van der Waals surface area contributed by atoms with E-state index in [1.807, 2.05) is 60.7 Å². The third-order valence-electron chi connectivity index (χ3n) is 6.08. The number of anilines is 1. The van der Waals surface area contributed by atoms with Crippen molar-refractivity contribution in [3.05, 3.63) is 88.6 Å². The van der Waals surface area contributed by atoms with Gasteiger partial charge in [-0.2, -0.15) is 0 Å². The Labute approximate surface area is 202 Å². The molecule has 2 heterocycles. The molecule has 0 fully saturated rings. The van der Waals surface area contributed by atoms with Gasteiger partial charge >= 0.3 is 0 Å². The van der Waals surface area contributed by atoms with E-state index in [-0.39, 0.29) is 5.92 Å². The van der Waals surface area contributed by atoms with Crippen LogP contribution in [0.25, 0.3) is 10.9 Å². The third kappa shape index (κ3) is 4.60. The molecule has 0 unspecified atom stereocenters. The lowest BCUT2D eigenvalue weighted by Crippen LogP contribution is -2.27. The number of halogens is 1. The molecule has 34 heavy (non-hydrogen) atoms. The van der Waals surface area contributed by atoms with Gasteiger partial charge in [-0.1, -0.05) is 23.7 Å². The number of ether oxygens (including phenoxy) is 3. The van der Waals surface area contributed by atoms with Gasteiger partial charge in [0.25, 0.3) is 0 Å². The Bertz CT molecular complexity index is 1340. The minimum absolute atomic E-state index is 0.148. The number of aromatic nitrogens is 1. The van der Waals surface area contributed by atoms with Gasteiger partial charge in [-0.15, -0.1) is 0 Å². The molecule has 1 aliphatic heterocycles. The van der Waals surface area contributed by atoms with Crippen molar-refractivity contribution in [2.75, 3.05) is 19.5 Å². The molecule has 0 spiro atoms. The van der Waals surface area contributed by atoms with Crippen molar-refractivity contribution in [3.8, 4) is 17.2 Å². The number of nitrogens with two attached hydrogens (primary N) is 1. The average Bonchev–Trinajstić information content (AvgIpc) is 2.84. The highest BCUT2D eigenvalue weighted by atomic mass is 35.5. The molecule has 3 N–H and O–H groups in total. The Hall–Kier alpha value is -3.48. The summed E-state index contributed by atoms with van der Waals surface area (Å²) in [5.41, 5.74) is 9.87. The van der Waals surface area contributed by atoms with E-state index in [1.165, 1.54) is 0 Å². The van der Waals surface area contributed by atoms with Gasteiger partial charge in [0, 0.05) is 27.6 Å². The fourth-order valence-corrected chi connectivity index (χ4v) is 4.47. The summed E-state index contributed by atoms with van der Waals surface area (Å²) < 4.78 is 17.4. The second kappa shape index (κ2) is 9.41. The number of rotatable bonds is 6. The van der Waals surface area contributed by atoms with Crippen molar-refractivity contribution >= 4 is 28.2 Å². The van der Waals surface area contributed by atoms with Gasteiger partial charge in [0.2, 0.25) is 0 Å². The number of nitrogens with zero attached hydrogens (tertiary/aromatic N) is 1. The topological polar surface area (TPSA) is 86.8 Å². The molecule has 7 heteroatoms. The number of aliphatic hydroxyl groups is 1. The molecule has 0 amide bonds. The zero-order valence-electron chi connectivity index (χ0n) is 18.7. The van der Waals surface area contributed by atoms with E-state index in [0.29, 0.717) is 47.4 Å². The number of benzene rings is 3. The number of aliphatic hydroxyl groups excluding tert-OH is 1. The van der Waals surface area contributed by atoms with Crippen LogP contribution in [0, 0.1) is 5.92 Å². The molecule has 174 valence electrons. The highest BCUT2D eigenvalue weighted by Gasteiger charge is 2.30. The first-order chi connectivity index (χ1) is 16.5. The Kier molecular flexibility index (Phi) is 6.18. The van der Waals surface area contributed by atoms with Crippen molar-refractivity contribution in [1.82, 2.24) is 4.98 Å². The molecular formula is C27H25ClN2O4. The third-order valence-corrected chi connectivity index (χ3v) is 6.32. The monoisotopic (exact) mass is 476 g/mol. The van der Waals surface area contributed by atoms with Gasteiger partial charge in [-0.3, -0.25) is 0 Å². The number of hydrogen-bond acceptors (Lipinski definition) is 6. The molecule has 4 aromatic rings. The maximum absolute atomic E-state index is 11.1. The number of hydrogen-bond donors (Lipinski definition) is 2. The maximum Gasteiger partial charge on any atom is 0.130 e. The second-order valence-corrected chi connectivity index (χ2v) is 8.86. The molecule has 0 radical (unpaired) electrons. The number of methoxy groups -OCH3 is 1. The Morgan fingerprint density at radius 2 is 1.94 bits per heavy atom. The molecule has 0 aliphatic carbocycles. The van der Waals surface area contributed by atoms with Crippen LogP contribution in [0.15, 0.2) is 66.7 Å². The van der Waals surface area contributed by atoms with Crippen LogP contribution in [-0.4, -0.2) is 23.8 Å². The smallest absolute Gasteiger partial charge is 0.130 e. The molecule has 3 aromatic carbocycles. The van der Waals surface area contributed by atoms with E-state index >= 15 is 0 Å². The van der Waals surface area contributed by atoms with Crippen LogP contribution in [0.3, 0.4) is 0 Å². The van der Waals surface area contributed by atoms with Crippen molar-refractivity contribution in [3.63, 3.8) is 0 Å². The van der Waals surface area contributed by atoms with E-state index in [4.69, 9.17) is 31.5 Å². The summed E-state index contributed by atoms with van der Waals surface area (Å²) in [4.78, 5) is 4.63. The lowest BCUT2D eigenvalue weighted by Gasteiger charge is -2.31. The summed E-state index contributed by atoms with van der Waals surface area (Å²) in [5.74, 6) is 1.89. The first-order valence-electron chi connectivity index (χ1n) is 11.1.